The van der Waals surface area contributed by atoms with Gasteiger partial charge in [-0.3, -0.25) is 0 Å². The highest BCUT2D eigenvalue weighted by Crippen LogP contribution is 2.29. The van der Waals surface area contributed by atoms with E-state index in [1.807, 2.05) is 6.07 Å². The molecule has 2 nitrogen and oxygen atoms in total. The van der Waals surface area contributed by atoms with E-state index >= 15 is 0 Å². The number of ether oxygens (including phenoxy) is 1. The largest absolute Gasteiger partial charge is 0.493 e. The number of nitrogens with one attached hydrogen (secondary N) is 1. The minimum atomic E-state index is 0.566. The van der Waals surface area contributed by atoms with Crippen molar-refractivity contribution in [2.75, 3.05) is 11.9 Å². The minimum Gasteiger partial charge on any atom is -0.493 e. The lowest BCUT2D eigenvalue weighted by Crippen LogP contribution is -2.25. The molecular weight excluding hydrogens is 246 g/mol. The molecule has 0 bridgehead atoms. The number of benzene rings is 1. The Labute approximate surface area is 123 Å². The van der Waals surface area contributed by atoms with Crippen molar-refractivity contribution in [1.29, 1.82) is 0 Å². The van der Waals surface area contributed by atoms with Gasteiger partial charge in [-0.1, -0.05) is 33.3 Å². The third-order valence-corrected chi connectivity index (χ3v) is 4.21. The van der Waals surface area contributed by atoms with Crippen LogP contribution in [0.2, 0.25) is 0 Å². The highest BCUT2D eigenvalue weighted by molar-refractivity contribution is 5.48. The predicted molar refractivity (Wildman–Crippen MR) is 86.4 cm³/mol. The molecule has 1 aliphatic rings. The standard InChI is InChI=1S/C18H29NO/c1-4-15-8-10-16(11-9-15)19-17-6-5-7-18(12-17)20-13-14(2)3/h5-7,12,14-16,19H,4,8-11,13H2,1-3H3. The average molecular weight is 275 g/mol. The van der Waals surface area contributed by atoms with Crippen molar-refractivity contribution in [1.82, 2.24) is 0 Å². The Morgan fingerprint density at radius 3 is 2.60 bits per heavy atom. The number of anilines is 1. The number of hydrogen-bond acceptors (Lipinski definition) is 2. The molecule has 1 aromatic rings. The molecule has 0 heterocycles. The fraction of sp³-hybridized carbons (Fsp3) is 0.667. The molecule has 0 aliphatic heterocycles. The van der Waals surface area contributed by atoms with Crippen molar-refractivity contribution in [2.24, 2.45) is 11.8 Å². The summed E-state index contributed by atoms with van der Waals surface area (Å²) in [4.78, 5) is 0. The normalized spacial score (nSPS) is 22.8. The maximum Gasteiger partial charge on any atom is 0.121 e. The molecule has 0 spiro atoms. The second-order valence-electron chi connectivity index (χ2n) is 6.50. The lowest BCUT2D eigenvalue weighted by molar-refractivity contribution is 0.271. The van der Waals surface area contributed by atoms with Gasteiger partial charge in [0, 0.05) is 17.8 Å². The maximum atomic E-state index is 5.79. The molecule has 2 heteroatoms. The van der Waals surface area contributed by atoms with E-state index in [4.69, 9.17) is 4.74 Å². The Bertz CT molecular complexity index is 394. The zero-order valence-corrected chi connectivity index (χ0v) is 13.2. The van der Waals surface area contributed by atoms with Gasteiger partial charge in [0.2, 0.25) is 0 Å². The van der Waals surface area contributed by atoms with Crippen molar-refractivity contribution < 1.29 is 4.74 Å². The van der Waals surface area contributed by atoms with E-state index in [-0.39, 0.29) is 0 Å². The quantitative estimate of drug-likeness (QED) is 0.779. The smallest absolute Gasteiger partial charge is 0.121 e. The van der Waals surface area contributed by atoms with Gasteiger partial charge in [-0.15, -0.1) is 0 Å². The van der Waals surface area contributed by atoms with E-state index in [1.54, 1.807) is 0 Å². The zero-order chi connectivity index (χ0) is 14.4. The summed E-state index contributed by atoms with van der Waals surface area (Å²) < 4.78 is 5.79. The fourth-order valence-electron chi connectivity index (χ4n) is 2.89. The van der Waals surface area contributed by atoms with E-state index < -0.39 is 0 Å². The lowest BCUT2D eigenvalue weighted by Gasteiger charge is -2.29. The van der Waals surface area contributed by atoms with Gasteiger partial charge in [-0.2, -0.15) is 0 Å². The second-order valence-corrected chi connectivity index (χ2v) is 6.50. The molecule has 0 unspecified atom stereocenters. The van der Waals surface area contributed by atoms with E-state index in [2.05, 4.69) is 44.3 Å². The summed E-state index contributed by atoms with van der Waals surface area (Å²) in [5.74, 6) is 2.50. The van der Waals surface area contributed by atoms with Crippen LogP contribution in [0.3, 0.4) is 0 Å². The van der Waals surface area contributed by atoms with E-state index in [1.165, 1.54) is 37.8 Å². The third-order valence-electron chi connectivity index (χ3n) is 4.21. The Morgan fingerprint density at radius 1 is 1.20 bits per heavy atom. The molecule has 1 N–H and O–H groups in total. The first-order valence-electron chi connectivity index (χ1n) is 8.16. The van der Waals surface area contributed by atoms with Crippen LogP contribution in [-0.2, 0) is 0 Å². The van der Waals surface area contributed by atoms with Crippen LogP contribution in [0.4, 0.5) is 5.69 Å². The van der Waals surface area contributed by atoms with Crippen molar-refractivity contribution >= 4 is 5.69 Å². The van der Waals surface area contributed by atoms with Gasteiger partial charge in [0.05, 0.1) is 6.61 Å². The van der Waals surface area contributed by atoms with Crippen LogP contribution in [-0.4, -0.2) is 12.6 Å². The Morgan fingerprint density at radius 2 is 1.95 bits per heavy atom. The highest BCUT2D eigenvalue weighted by Gasteiger charge is 2.19. The summed E-state index contributed by atoms with van der Waals surface area (Å²) in [7, 11) is 0. The molecule has 1 fully saturated rings. The van der Waals surface area contributed by atoms with Crippen LogP contribution in [0.15, 0.2) is 24.3 Å². The van der Waals surface area contributed by atoms with Gasteiger partial charge in [0.15, 0.2) is 0 Å². The number of hydrogen-bond donors (Lipinski definition) is 1. The molecule has 1 saturated carbocycles. The van der Waals surface area contributed by atoms with Crippen LogP contribution in [0.1, 0.15) is 52.9 Å². The monoisotopic (exact) mass is 275 g/mol. The van der Waals surface area contributed by atoms with Crippen molar-refractivity contribution in [2.45, 2.75) is 58.9 Å². The van der Waals surface area contributed by atoms with Crippen LogP contribution in [0.5, 0.6) is 5.75 Å². The molecule has 0 radical (unpaired) electrons. The summed E-state index contributed by atoms with van der Waals surface area (Å²) in [6, 6.07) is 9.04. The second kappa shape index (κ2) is 7.56. The summed E-state index contributed by atoms with van der Waals surface area (Å²) in [5, 5.41) is 3.67. The van der Waals surface area contributed by atoms with Gasteiger partial charge in [0.25, 0.3) is 0 Å². The molecule has 0 saturated heterocycles. The van der Waals surface area contributed by atoms with E-state index in [9.17, 15) is 0 Å². The van der Waals surface area contributed by atoms with Crippen molar-refractivity contribution in [3.63, 3.8) is 0 Å². The van der Waals surface area contributed by atoms with Gasteiger partial charge in [-0.25, -0.2) is 0 Å². The fourth-order valence-corrected chi connectivity index (χ4v) is 2.89. The predicted octanol–water partition coefficient (Wildman–Crippen LogP) is 5.10. The first kappa shape index (κ1) is 15.2. The van der Waals surface area contributed by atoms with E-state index in [0.29, 0.717) is 12.0 Å². The molecule has 20 heavy (non-hydrogen) atoms. The van der Waals surface area contributed by atoms with Gasteiger partial charge in [-0.05, 0) is 49.7 Å². The van der Waals surface area contributed by atoms with Crippen molar-refractivity contribution in [3.05, 3.63) is 24.3 Å². The third kappa shape index (κ3) is 4.73. The molecule has 0 atom stereocenters. The maximum absolute atomic E-state index is 5.79. The van der Waals surface area contributed by atoms with Gasteiger partial charge >= 0.3 is 0 Å². The molecule has 1 aliphatic carbocycles. The number of rotatable bonds is 6. The summed E-state index contributed by atoms with van der Waals surface area (Å²) in [6.45, 7) is 7.45. The Hall–Kier alpha value is -1.18. The summed E-state index contributed by atoms with van der Waals surface area (Å²) in [5.41, 5.74) is 1.20. The molecule has 1 aromatic carbocycles. The SMILES string of the molecule is CCC1CCC(Nc2cccc(OCC(C)C)c2)CC1. The lowest BCUT2D eigenvalue weighted by atomic mass is 9.84. The summed E-state index contributed by atoms with van der Waals surface area (Å²) >= 11 is 0. The molecule has 0 aromatic heterocycles. The molecule has 2 rings (SSSR count). The highest BCUT2D eigenvalue weighted by atomic mass is 16.5. The van der Waals surface area contributed by atoms with Crippen molar-refractivity contribution in [3.8, 4) is 5.75 Å². The minimum absolute atomic E-state index is 0.566. The zero-order valence-electron chi connectivity index (χ0n) is 13.2. The first-order valence-corrected chi connectivity index (χ1v) is 8.16. The Kier molecular flexibility index (Phi) is 5.75. The van der Waals surface area contributed by atoms with Gasteiger partial charge < -0.3 is 10.1 Å². The average Bonchev–Trinajstić information content (AvgIpc) is 2.46. The Balaban J connectivity index is 1.85. The molecule has 112 valence electrons. The van der Waals surface area contributed by atoms with Crippen LogP contribution in [0, 0.1) is 11.8 Å². The summed E-state index contributed by atoms with van der Waals surface area (Å²) in [6.07, 6.45) is 6.69. The van der Waals surface area contributed by atoms with Crippen LogP contribution in [0.25, 0.3) is 0 Å². The van der Waals surface area contributed by atoms with Gasteiger partial charge in [0.1, 0.15) is 5.75 Å². The molecular formula is C18H29NO. The van der Waals surface area contributed by atoms with Crippen LogP contribution >= 0.6 is 0 Å². The topological polar surface area (TPSA) is 21.3 Å². The first-order chi connectivity index (χ1) is 9.67. The van der Waals surface area contributed by atoms with Crippen LogP contribution < -0.4 is 10.1 Å². The molecule has 0 amide bonds. The van der Waals surface area contributed by atoms with E-state index in [0.717, 1.165) is 18.3 Å².